The van der Waals surface area contributed by atoms with Crippen molar-refractivity contribution in [2.24, 2.45) is 4.99 Å². The quantitative estimate of drug-likeness (QED) is 0.651. The fourth-order valence-electron chi connectivity index (χ4n) is 2.65. The van der Waals surface area contributed by atoms with Gasteiger partial charge in [-0.1, -0.05) is 91.0 Å². The molecule has 3 aromatic rings. The summed E-state index contributed by atoms with van der Waals surface area (Å²) in [4.78, 5) is 4.79. The van der Waals surface area contributed by atoms with Crippen LogP contribution in [-0.2, 0) is 6.54 Å². The van der Waals surface area contributed by atoms with Gasteiger partial charge in [0.15, 0.2) is 0 Å². The van der Waals surface area contributed by atoms with Crippen molar-refractivity contribution in [3.05, 3.63) is 108 Å². The Kier molecular flexibility index (Phi) is 5.54. The van der Waals surface area contributed by atoms with E-state index in [0.717, 1.165) is 16.8 Å². The van der Waals surface area contributed by atoms with E-state index in [1.807, 2.05) is 78.9 Å². The lowest BCUT2D eigenvalue weighted by atomic mass is 9.99. The molecule has 0 unspecified atom stereocenters. The molecule has 0 radical (unpaired) electrons. The van der Waals surface area contributed by atoms with Crippen LogP contribution in [0.3, 0.4) is 0 Å². The van der Waals surface area contributed by atoms with Gasteiger partial charge in [-0.15, -0.1) is 0 Å². The molecule has 0 saturated carbocycles. The third-order valence-electron chi connectivity index (χ3n) is 3.97. The smallest absolute Gasteiger partial charge is 0.0845 e. The SMILES string of the molecule is O[C@H](CC(=NCc1ccccc1)c1ccccc1)c1ccccc1. The summed E-state index contributed by atoms with van der Waals surface area (Å²) in [5.41, 5.74) is 4.07. The van der Waals surface area contributed by atoms with Crippen molar-refractivity contribution >= 4 is 5.71 Å². The molecule has 120 valence electrons. The van der Waals surface area contributed by atoms with E-state index in [0.29, 0.717) is 13.0 Å². The second kappa shape index (κ2) is 8.23. The predicted molar refractivity (Wildman–Crippen MR) is 99.1 cm³/mol. The molecule has 2 heteroatoms. The summed E-state index contributed by atoms with van der Waals surface area (Å²) in [6, 6.07) is 30.0. The van der Waals surface area contributed by atoms with Gasteiger partial charge in [0.1, 0.15) is 0 Å². The first-order chi connectivity index (χ1) is 11.8. The van der Waals surface area contributed by atoms with Gasteiger partial charge in [-0.3, -0.25) is 4.99 Å². The van der Waals surface area contributed by atoms with Crippen LogP contribution in [-0.4, -0.2) is 10.8 Å². The first-order valence-corrected chi connectivity index (χ1v) is 8.18. The Hall–Kier alpha value is -2.71. The summed E-state index contributed by atoms with van der Waals surface area (Å²) in [6.45, 7) is 0.618. The number of aliphatic hydroxyl groups is 1. The Bertz CT molecular complexity index is 767. The molecule has 1 atom stereocenters. The fraction of sp³-hybridized carbons (Fsp3) is 0.136. The average molecular weight is 315 g/mol. The number of benzene rings is 3. The minimum atomic E-state index is -0.555. The van der Waals surface area contributed by atoms with E-state index in [2.05, 4.69) is 12.1 Å². The van der Waals surface area contributed by atoms with Crippen molar-refractivity contribution in [3.63, 3.8) is 0 Å². The molecule has 2 nitrogen and oxygen atoms in total. The van der Waals surface area contributed by atoms with E-state index < -0.39 is 6.10 Å². The van der Waals surface area contributed by atoms with Crippen LogP contribution in [0.2, 0.25) is 0 Å². The van der Waals surface area contributed by atoms with E-state index in [9.17, 15) is 5.11 Å². The van der Waals surface area contributed by atoms with Crippen molar-refractivity contribution in [1.29, 1.82) is 0 Å². The Balaban J connectivity index is 1.82. The molecule has 1 N–H and O–H groups in total. The van der Waals surface area contributed by atoms with Crippen LogP contribution in [0.15, 0.2) is 96.0 Å². The third kappa shape index (κ3) is 4.40. The topological polar surface area (TPSA) is 32.6 Å². The number of hydrogen-bond acceptors (Lipinski definition) is 2. The van der Waals surface area contributed by atoms with Gasteiger partial charge in [0.2, 0.25) is 0 Å². The molecule has 0 bridgehead atoms. The molecular formula is C22H21NO. The summed E-state index contributed by atoms with van der Waals surface area (Å²) in [6.07, 6.45) is -0.0538. The summed E-state index contributed by atoms with van der Waals surface area (Å²) in [5.74, 6) is 0. The van der Waals surface area contributed by atoms with E-state index in [1.54, 1.807) is 0 Å². The van der Waals surface area contributed by atoms with E-state index >= 15 is 0 Å². The lowest BCUT2D eigenvalue weighted by Crippen LogP contribution is -2.09. The summed E-state index contributed by atoms with van der Waals surface area (Å²) >= 11 is 0. The predicted octanol–water partition coefficient (Wildman–Crippen LogP) is 4.80. The standard InChI is InChI=1S/C22H21NO/c24-22(20-14-8-3-9-15-20)16-21(19-12-6-2-7-13-19)23-17-18-10-4-1-5-11-18/h1-15,22,24H,16-17H2/t22-/m1/s1. The fourth-order valence-corrected chi connectivity index (χ4v) is 2.65. The van der Waals surface area contributed by atoms with Crippen molar-refractivity contribution in [3.8, 4) is 0 Å². The Labute approximate surface area is 143 Å². The second-order valence-corrected chi connectivity index (χ2v) is 5.75. The van der Waals surface area contributed by atoms with Crippen molar-refractivity contribution in [2.45, 2.75) is 19.1 Å². The van der Waals surface area contributed by atoms with Gasteiger partial charge >= 0.3 is 0 Å². The highest BCUT2D eigenvalue weighted by atomic mass is 16.3. The second-order valence-electron chi connectivity index (χ2n) is 5.75. The van der Waals surface area contributed by atoms with Gasteiger partial charge in [0.05, 0.1) is 12.6 Å². The molecule has 0 saturated heterocycles. The lowest BCUT2D eigenvalue weighted by molar-refractivity contribution is 0.186. The van der Waals surface area contributed by atoms with E-state index in [4.69, 9.17) is 4.99 Å². The average Bonchev–Trinajstić information content (AvgIpc) is 2.67. The van der Waals surface area contributed by atoms with E-state index in [-0.39, 0.29) is 0 Å². The molecule has 3 rings (SSSR count). The van der Waals surface area contributed by atoms with Gasteiger partial charge in [-0.05, 0) is 16.7 Å². The maximum atomic E-state index is 10.6. The monoisotopic (exact) mass is 315 g/mol. The van der Waals surface area contributed by atoms with Crippen molar-refractivity contribution in [2.75, 3.05) is 0 Å². The molecular weight excluding hydrogens is 294 g/mol. The molecule has 0 aliphatic heterocycles. The molecule has 0 aromatic heterocycles. The van der Waals surface area contributed by atoms with Gasteiger partial charge < -0.3 is 5.11 Å². The zero-order valence-corrected chi connectivity index (χ0v) is 13.5. The number of aliphatic hydroxyl groups excluding tert-OH is 1. The van der Waals surface area contributed by atoms with Crippen LogP contribution in [0.4, 0.5) is 0 Å². The minimum Gasteiger partial charge on any atom is -0.388 e. The molecule has 0 fully saturated rings. The number of rotatable bonds is 6. The van der Waals surface area contributed by atoms with Crippen LogP contribution >= 0.6 is 0 Å². The zero-order valence-electron chi connectivity index (χ0n) is 13.5. The molecule has 0 aliphatic rings. The van der Waals surface area contributed by atoms with Crippen LogP contribution in [0.1, 0.15) is 29.2 Å². The van der Waals surface area contributed by atoms with Crippen molar-refractivity contribution < 1.29 is 5.11 Å². The first kappa shape index (κ1) is 16.2. The maximum absolute atomic E-state index is 10.6. The van der Waals surface area contributed by atoms with Crippen LogP contribution in [0.5, 0.6) is 0 Å². The van der Waals surface area contributed by atoms with Gasteiger partial charge in [-0.25, -0.2) is 0 Å². The Morgan fingerprint density at radius 1 is 0.750 bits per heavy atom. The van der Waals surface area contributed by atoms with Gasteiger partial charge in [0, 0.05) is 12.1 Å². The molecule has 0 amide bonds. The summed E-state index contributed by atoms with van der Waals surface area (Å²) in [5, 5.41) is 10.6. The molecule has 0 spiro atoms. The molecule has 3 aromatic carbocycles. The number of nitrogens with zero attached hydrogens (tertiary/aromatic N) is 1. The number of aliphatic imine (C=N–C) groups is 1. The highest BCUT2D eigenvalue weighted by molar-refractivity contribution is 6.00. The summed E-state index contributed by atoms with van der Waals surface area (Å²) < 4.78 is 0. The van der Waals surface area contributed by atoms with Gasteiger partial charge in [0.25, 0.3) is 0 Å². The third-order valence-corrected chi connectivity index (χ3v) is 3.97. The van der Waals surface area contributed by atoms with Crippen LogP contribution in [0, 0.1) is 0 Å². The van der Waals surface area contributed by atoms with E-state index in [1.165, 1.54) is 5.56 Å². The molecule has 0 heterocycles. The van der Waals surface area contributed by atoms with Crippen LogP contribution < -0.4 is 0 Å². The lowest BCUT2D eigenvalue weighted by Gasteiger charge is -2.14. The Morgan fingerprint density at radius 2 is 1.29 bits per heavy atom. The largest absolute Gasteiger partial charge is 0.388 e. The number of hydrogen-bond donors (Lipinski definition) is 1. The normalized spacial score (nSPS) is 12.8. The van der Waals surface area contributed by atoms with Crippen molar-refractivity contribution in [1.82, 2.24) is 0 Å². The molecule has 0 aliphatic carbocycles. The zero-order chi connectivity index (χ0) is 16.6. The van der Waals surface area contributed by atoms with Crippen LogP contribution in [0.25, 0.3) is 0 Å². The summed E-state index contributed by atoms with van der Waals surface area (Å²) in [7, 11) is 0. The first-order valence-electron chi connectivity index (χ1n) is 8.18. The Morgan fingerprint density at radius 3 is 1.92 bits per heavy atom. The highest BCUT2D eigenvalue weighted by Gasteiger charge is 2.12. The van der Waals surface area contributed by atoms with Gasteiger partial charge in [-0.2, -0.15) is 0 Å². The maximum Gasteiger partial charge on any atom is 0.0845 e. The highest BCUT2D eigenvalue weighted by Crippen LogP contribution is 2.20. The minimum absolute atomic E-state index is 0.501. The molecule has 24 heavy (non-hydrogen) atoms.